The van der Waals surface area contributed by atoms with Crippen LogP contribution in [-0.4, -0.2) is 25.6 Å². The summed E-state index contributed by atoms with van der Waals surface area (Å²) >= 11 is 0. The third kappa shape index (κ3) is 3.45. The summed E-state index contributed by atoms with van der Waals surface area (Å²) in [5.41, 5.74) is 11.3. The van der Waals surface area contributed by atoms with Gasteiger partial charge in [-0.1, -0.05) is 5.16 Å². The molecule has 8 nitrogen and oxygen atoms in total. The van der Waals surface area contributed by atoms with Crippen molar-refractivity contribution in [2.24, 2.45) is 0 Å². The van der Waals surface area contributed by atoms with Gasteiger partial charge in [-0.25, -0.2) is 9.97 Å². The van der Waals surface area contributed by atoms with Gasteiger partial charge in [-0.2, -0.15) is 13.2 Å². The Labute approximate surface area is 179 Å². The molecule has 0 atom stereocenters. The van der Waals surface area contributed by atoms with Crippen LogP contribution in [0.3, 0.4) is 0 Å². The molecule has 1 amide bonds. The Bertz CT molecular complexity index is 1320. The second kappa shape index (κ2) is 7.36. The highest BCUT2D eigenvalue weighted by atomic mass is 19.4. The van der Waals surface area contributed by atoms with E-state index in [9.17, 15) is 18.0 Å². The maximum Gasteiger partial charge on any atom is 0.452 e. The highest BCUT2D eigenvalue weighted by molar-refractivity contribution is 5.93. The number of benzene rings is 1. The SMILES string of the molecule is Nc1ncnc2c3c(n(-c4ccc(NC(=O)Cc5cc(C(F)(F)F)on5)cc4)c12)CCC3. The van der Waals surface area contributed by atoms with Crippen molar-refractivity contribution in [3.05, 3.63) is 59.4 Å². The molecule has 0 spiro atoms. The van der Waals surface area contributed by atoms with Crippen LogP contribution in [0.2, 0.25) is 0 Å². The first kappa shape index (κ1) is 20.0. The zero-order chi connectivity index (χ0) is 22.5. The molecule has 4 aromatic rings. The molecule has 0 bridgehead atoms. The fourth-order valence-electron chi connectivity index (χ4n) is 4.08. The molecule has 0 saturated heterocycles. The minimum absolute atomic E-state index is 0.101. The molecule has 0 unspecified atom stereocenters. The smallest absolute Gasteiger partial charge is 0.382 e. The topological polar surface area (TPSA) is 112 Å². The number of nitrogens with two attached hydrogens (primary N) is 1. The number of halogens is 3. The molecule has 1 aliphatic carbocycles. The average Bonchev–Trinajstić information content (AvgIpc) is 3.45. The summed E-state index contributed by atoms with van der Waals surface area (Å²) in [6.07, 6.45) is -0.648. The van der Waals surface area contributed by atoms with Crippen LogP contribution >= 0.6 is 0 Å². The Morgan fingerprint density at radius 1 is 1.19 bits per heavy atom. The van der Waals surface area contributed by atoms with Crippen LogP contribution in [-0.2, 0) is 30.2 Å². The van der Waals surface area contributed by atoms with Gasteiger partial charge in [0.1, 0.15) is 11.8 Å². The first-order valence-electron chi connectivity index (χ1n) is 9.87. The fourth-order valence-corrected chi connectivity index (χ4v) is 4.08. The Morgan fingerprint density at radius 2 is 1.97 bits per heavy atom. The van der Waals surface area contributed by atoms with Crippen molar-refractivity contribution in [1.29, 1.82) is 0 Å². The number of carbonyl (C=O) groups excluding carboxylic acids is 1. The number of alkyl halides is 3. The largest absolute Gasteiger partial charge is 0.452 e. The maximum atomic E-state index is 12.6. The Hall–Kier alpha value is -3.89. The predicted octanol–water partition coefficient (Wildman–Crippen LogP) is 3.68. The Morgan fingerprint density at radius 3 is 2.69 bits per heavy atom. The molecule has 164 valence electrons. The third-order valence-electron chi connectivity index (χ3n) is 5.41. The van der Waals surface area contributed by atoms with Gasteiger partial charge >= 0.3 is 6.18 Å². The van der Waals surface area contributed by atoms with Crippen molar-refractivity contribution in [2.75, 3.05) is 11.1 Å². The van der Waals surface area contributed by atoms with E-state index >= 15 is 0 Å². The minimum atomic E-state index is -4.64. The molecule has 5 rings (SSSR count). The molecule has 0 radical (unpaired) electrons. The number of amides is 1. The fraction of sp³-hybridized carbons (Fsp3) is 0.238. The van der Waals surface area contributed by atoms with Crippen LogP contribution in [0.1, 0.15) is 29.1 Å². The maximum absolute atomic E-state index is 12.6. The second-order valence-electron chi connectivity index (χ2n) is 7.52. The van der Waals surface area contributed by atoms with Crippen molar-refractivity contribution in [1.82, 2.24) is 19.7 Å². The van der Waals surface area contributed by atoms with Crippen molar-refractivity contribution in [3.63, 3.8) is 0 Å². The van der Waals surface area contributed by atoms with Gasteiger partial charge in [-0.05, 0) is 49.1 Å². The summed E-state index contributed by atoms with van der Waals surface area (Å²) in [7, 11) is 0. The molecule has 0 saturated carbocycles. The number of nitrogens with zero attached hydrogens (tertiary/aromatic N) is 4. The van der Waals surface area contributed by atoms with Crippen molar-refractivity contribution in [3.8, 4) is 5.69 Å². The minimum Gasteiger partial charge on any atom is -0.382 e. The van der Waals surface area contributed by atoms with E-state index in [4.69, 9.17) is 5.73 Å². The molecule has 11 heteroatoms. The van der Waals surface area contributed by atoms with E-state index in [1.165, 1.54) is 11.9 Å². The number of hydrogen-bond donors (Lipinski definition) is 2. The van der Waals surface area contributed by atoms with E-state index < -0.39 is 17.8 Å². The molecule has 0 fully saturated rings. The highest BCUT2D eigenvalue weighted by Gasteiger charge is 2.36. The number of anilines is 2. The summed E-state index contributed by atoms with van der Waals surface area (Å²) in [6.45, 7) is 0. The molecule has 0 aliphatic heterocycles. The second-order valence-corrected chi connectivity index (χ2v) is 7.52. The van der Waals surface area contributed by atoms with E-state index in [-0.39, 0.29) is 12.1 Å². The Balaban J connectivity index is 1.37. The monoisotopic (exact) mass is 442 g/mol. The van der Waals surface area contributed by atoms with Crippen LogP contribution in [0.15, 0.2) is 41.2 Å². The number of rotatable bonds is 4. The van der Waals surface area contributed by atoms with Gasteiger partial charge in [0.25, 0.3) is 0 Å². The van der Waals surface area contributed by atoms with Gasteiger partial charge < -0.3 is 20.1 Å². The van der Waals surface area contributed by atoms with E-state index in [1.807, 2.05) is 16.7 Å². The predicted molar refractivity (Wildman–Crippen MR) is 109 cm³/mol. The van der Waals surface area contributed by atoms with Gasteiger partial charge in [-0.15, -0.1) is 0 Å². The van der Waals surface area contributed by atoms with Gasteiger partial charge in [0, 0.05) is 23.1 Å². The molecular formula is C21H17F3N6O2. The molecule has 1 aliphatic rings. The molecule has 3 N–H and O–H groups in total. The molecular weight excluding hydrogens is 425 g/mol. The van der Waals surface area contributed by atoms with Crippen molar-refractivity contribution in [2.45, 2.75) is 31.9 Å². The van der Waals surface area contributed by atoms with E-state index in [2.05, 4.69) is 25.0 Å². The number of fused-ring (bicyclic) bond motifs is 3. The zero-order valence-electron chi connectivity index (χ0n) is 16.6. The van der Waals surface area contributed by atoms with Crippen molar-refractivity contribution >= 4 is 28.4 Å². The summed E-state index contributed by atoms with van der Waals surface area (Å²) in [4.78, 5) is 20.8. The normalized spacial score (nSPS) is 13.5. The lowest BCUT2D eigenvalue weighted by Crippen LogP contribution is -2.14. The summed E-state index contributed by atoms with van der Waals surface area (Å²) in [5.74, 6) is -1.35. The molecule has 32 heavy (non-hydrogen) atoms. The quantitative estimate of drug-likeness (QED) is 0.499. The lowest BCUT2D eigenvalue weighted by atomic mass is 10.2. The van der Waals surface area contributed by atoms with Crippen LogP contribution in [0, 0.1) is 0 Å². The Kier molecular flexibility index (Phi) is 4.61. The first-order valence-corrected chi connectivity index (χ1v) is 9.87. The van der Waals surface area contributed by atoms with Gasteiger partial charge in [0.05, 0.1) is 17.6 Å². The van der Waals surface area contributed by atoms with E-state index in [0.29, 0.717) is 17.6 Å². The van der Waals surface area contributed by atoms with Crippen molar-refractivity contribution < 1.29 is 22.5 Å². The third-order valence-corrected chi connectivity index (χ3v) is 5.41. The van der Waals surface area contributed by atoms with Gasteiger partial charge in [-0.3, -0.25) is 4.79 Å². The van der Waals surface area contributed by atoms with Crippen LogP contribution in [0.25, 0.3) is 16.7 Å². The molecule has 3 aromatic heterocycles. The molecule has 3 heterocycles. The number of carbonyl (C=O) groups is 1. The number of aromatic nitrogens is 4. The highest BCUT2D eigenvalue weighted by Crippen LogP contribution is 2.36. The number of nitrogen functional groups attached to an aromatic ring is 1. The van der Waals surface area contributed by atoms with E-state index in [0.717, 1.165) is 41.7 Å². The number of hydrogen-bond acceptors (Lipinski definition) is 6. The first-order chi connectivity index (χ1) is 15.3. The number of nitrogens with one attached hydrogen (secondary N) is 1. The number of aryl methyl sites for hydroxylation is 1. The zero-order valence-corrected chi connectivity index (χ0v) is 16.6. The summed E-state index contributed by atoms with van der Waals surface area (Å²) in [6, 6.07) is 7.80. The van der Waals surface area contributed by atoms with Crippen LogP contribution < -0.4 is 11.1 Å². The van der Waals surface area contributed by atoms with Crippen LogP contribution in [0.5, 0.6) is 0 Å². The summed E-state index contributed by atoms with van der Waals surface area (Å²) < 4.78 is 44.1. The standard InChI is InChI=1S/C21H17F3N6O2/c22-21(23,24)16-8-12(29-32-16)9-17(31)28-11-4-6-13(7-5-11)30-15-3-1-2-14(15)18-19(30)20(25)27-10-26-18/h4-8,10H,1-3,9H2,(H,28,31)(H2,25,26,27). The lowest BCUT2D eigenvalue weighted by molar-refractivity contribution is -0.155. The van der Waals surface area contributed by atoms with Gasteiger partial charge in [0.2, 0.25) is 11.7 Å². The summed E-state index contributed by atoms with van der Waals surface area (Å²) in [5, 5.41) is 5.95. The average molecular weight is 442 g/mol. The lowest BCUT2D eigenvalue weighted by Gasteiger charge is -2.12. The molecule has 1 aromatic carbocycles. The van der Waals surface area contributed by atoms with Crippen LogP contribution in [0.4, 0.5) is 24.7 Å². The van der Waals surface area contributed by atoms with E-state index in [1.54, 1.807) is 12.1 Å². The van der Waals surface area contributed by atoms with Gasteiger partial charge in [0.15, 0.2) is 5.82 Å².